The maximum atomic E-state index is 11.5. The Hall–Kier alpha value is -0.600. The van der Waals surface area contributed by atoms with Gasteiger partial charge < -0.3 is 0 Å². The fourth-order valence-corrected chi connectivity index (χ4v) is 2.81. The largest absolute Gasteiger partial charge is 0.295 e. The molecule has 0 heterocycles. The second-order valence-electron chi connectivity index (χ2n) is 4.39. The summed E-state index contributed by atoms with van der Waals surface area (Å²) in [6, 6.07) is 5.90. The Morgan fingerprint density at radius 2 is 2.00 bits per heavy atom. The smallest absolute Gasteiger partial charge is 0.155 e. The van der Waals surface area contributed by atoms with E-state index in [1.807, 2.05) is 24.3 Å². The molecule has 1 aliphatic rings. The highest BCUT2D eigenvalue weighted by Crippen LogP contribution is 2.26. The molecule has 17 heavy (non-hydrogen) atoms. The van der Waals surface area contributed by atoms with Crippen LogP contribution in [-0.2, 0) is 11.2 Å². The Labute approximate surface area is 115 Å². The molecule has 3 heteroatoms. The Bertz CT molecular complexity index is 465. The maximum Gasteiger partial charge on any atom is 0.155 e. The molecular formula is C14H14BrClO. The number of carbonyl (C=O) groups excluding carboxylic acids is 1. The third-order valence-corrected chi connectivity index (χ3v) is 3.81. The summed E-state index contributed by atoms with van der Waals surface area (Å²) in [5.41, 5.74) is 2.30. The van der Waals surface area contributed by atoms with E-state index in [2.05, 4.69) is 15.9 Å². The molecule has 0 radical (unpaired) electrons. The van der Waals surface area contributed by atoms with Crippen LogP contribution in [0.4, 0.5) is 0 Å². The van der Waals surface area contributed by atoms with Crippen LogP contribution >= 0.6 is 27.5 Å². The van der Waals surface area contributed by atoms with Gasteiger partial charge in [-0.3, -0.25) is 4.79 Å². The number of ketones is 1. The molecule has 0 saturated carbocycles. The molecule has 0 unspecified atom stereocenters. The Balaban J connectivity index is 2.16. The van der Waals surface area contributed by atoms with E-state index in [1.54, 1.807) is 0 Å². The second-order valence-corrected chi connectivity index (χ2v) is 5.71. The minimum Gasteiger partial charge on any atom is -0.295 e. The van der Waals surface area contributed by atoms with Crippen LogP contribution in [0, 0.1) is 0 Å². The van der Waals surface area contributed by atoms with Crippen LogP contribution in [0.5, 0.6) is 0 Å². The Morgan fingerprint density at radius 1 is 1.24 bits per heavy atom. The van der Waals surface area contributed by atoms with Gasteiger partial charge in [0.2, 0.25) is 0 Å². The molecule has 1 aromatic rings. The number of allylic oxidation sites excluding steroid dienone is 2. The molecule has 0 saturated heterocycles. The van der Waals surface area contributed by atoms with Gasteiger partial charge in [-0.1, -0.05) is 39.2 Å². The van der Waals surface area contributed by atoms with Crippen molar-refractivity contribution < 1.29 is 4.79 Å². The zero-order valence-corrected chi connectivity index (χ0v) is 11.9. The van der Waals surface area contributed by atoms with E-state index in [0.29, 0.717) is 6.42 Å². The molecular weight excluding hydrogens is 300 g/mol. The van der Waals surface area contributed by atoms with E-state index in [0.717, 1.165) is 40.7 Å². The second kappa shape index (κ2) is 5.83. The quantitative estimate of drug-likeness (QED) is 0.772. The van der Waals surface area contributed by atoms with Crippen LogP contribution in [0.2, 0.25) is 5.02 Å². The highest BCUT2D eigenvalue weighted by Gasteiger charge is 2.10. The van der Waals surface area contributed by atoms with Crippen molar-refractivity contribution >= 4 is 33.3 Å². The summed E-state index contributed by atoms with van der Waals surface area (Å²) in [6.07, 6.45) is 6.41. The lowest BCUT2D eigenvalue weighted by molar-refractivity contribution is -0.114. The van der Waals surface area contributed by atoms with Gasteiger partial charge in [-0.05, 0) is 49.5 Å². The van der Waals surface area contributed by atoms with Crippen molar-refractivity contribution in [1.82, 2.24) is 0 Å². The molecule has 0 amide bonds. The Kier molecular flexibility index (Phi) is 4.41. The third kappa shape index (κ3) is 3.68. The van der Waals surface area contributed by atoms with Crippen molar-refractivity contribution in [1.29, 1.82) is 0 Å². The predicted molar refractivity (Wildman–Crippen MR) is 74.4 cm³/mol. The van der Waals surface area contributed by atoms with E-state index >= 15 is 0 Å². The van der Waals surface area contributed by atoms with E-state index in [1.165, 1.54) is 5.57 Å². The molecule has 1 nitrogen and oxygen atoms in total. The molecule has 1 aromatic carbocycles. The molecule has 0 N–H and O–H groups in total. The third-order valence-electron chi connectivity index (χ3n) is 2.97. The summed E-state index contributed by atoms with van der Waals surface area (Å²) in [7, 11) is 0. The Morgan fingerprint density at radius 3 is 2.76 bits per heavy atom. The fourth-order valence-electron chi connectivity index (χ4n) is 2.07. The van der Waals surface area contributed by atoms with E-state index < -0.39 is 0 Å². The summed E-state index contributed by atoms with van der Waals surface area (Å²) in [5, 5.41) is 0.761. The van der Waals surface area contributed by atoms with Crippen molar-refractivity contribution in [2.45, 2.75) is 32.1 Å². The lowest BCUT2D eigenvalue weighted by Gasteiger charge is -2.07. The highest BCUT2D eigenvalue weighted by molar-refractivity contribution is 9.10. The number of carbonyl (C=O) groups is 1. The van der Waals surface area contributed by atoms with Crippen molar-refractivity contribution in [2.75, 3.05) is 0 Å². The molecule has 0 atom stereocenters. The van der Waals surface area contributed by atoms with Crippen LogP contribution < -0.4 is 0 Å². The van der Waals surface area contributed by atoms with Crippen LogP contribution in [0.3, 0.4) is 0 Å². The summed E-state index contributed by atoms with van der Waals surface area (Å²) >= 11 is 9.57. The molecule has 0 spiro atoms. The van der Waals surface area contributed by atoms with Gasteiger partial charge in [0, 0.05) is 15.9 Å². The molecule has 2 rings (SSSR count). The van der Waals surface area contributed by atoms with Crippen molar-refractivity contribution in [3.8, 4) is 0 Å². The van der Waals surface area contributed by atoms with E-state index in [4.69, 9.17) is 11.6 Å². The van der Waals surface area contributed by atoms with Crippen molar-refractivity contribution in [3.05, 3.63) is 44.9 Å². The number of halogens is 2. The average Bonchev–Trinajstić information content (AvgIpc) is 2.47. The zero-order valence-electron chi connectivity index (χ0n) is 9.51. The number of hydrogen-bond acceptors (Lipinski definition) is 1. The SMILES string of the molecule is O=C1C=C(Cc2ccc(Br)cc2Cl)CCCC1. The highest BCUT2D eigenvalue weighted by atomic mass is 79.9. The zero-order chi connectivity index (χ0) is 12.3. The lowest BCUT2D eigenvalue weighted by atomic mass is 10.0. The lowest BCUT2D eigenvalue weighted by Crippen LogP contribution is -1.94. The minimum atomic E-state index is 0.255. The molecule has 0 bridgehead atoms. The summed E-state index contributed by atoms with van der Waals surface area (Å²) in [6.45, 7) is 0. The number of hydrogen-bond donors (Lipinski definition) is 0. The van der Waals surface area contributed by atoms with Gasteiger partial charge in [-0.15, -0.1) is 0 Å². The summed E-state index contributed by atoms with van der Waals surface area (Å²) in [5.74, 6) is 0.255. The maximum absolute atomic E-state index is 11.5. The molecule has 90 valence electrons. The van der Waals surface area contributed by atoms with Crippen LogP contribution in [0.25, 0.3) is 0 Å². The monoisotopic (exact) mass is 312 g/mol. The molecule has 0 fully saturated rings. The normalized spacial score (nSPS) is 16.6. The minimum absolute atomic E-state index is 0.255. The van der Waals surface area contributed by atoms with Gasteiger partial charge >= 0.3 is 0 Å². The van der Waals surface area contributed by atoms with Crippen molar-refractivity contribution in [2.24, 2.45) is 0 Å². The standard InChI is InChI=1S/C14H14BrClO/c15-12-6-5-11(14(16)9-12)7-10-3-1-2-4-13(17)8-10/h5-6,8-9H,1-4,7H2. The number of benzene rings is 1. The van der Waals surface area contributed by atoms with Gasteiger partial charge in [0.1, 0.15) is 0 Å². The van der Waals surface area contributed by atoms with E-state index in [-0.39, 0.29) is 5.78 Å². The van der Waals surface area contributed by atoms with Crippen LogP contribution in [0.1, 0.15) is 31.2 Å². The number of rotatable bonds is 2. The first-order valence-corrected chi connectivity index (χ1v) is 6.98. The summed E-state index contributed by atoms with van der Waals surface area (Å²) < 4.78 is 0.983. The van der Waals surface area contributed by atoms with Gasteiger partial charge in [0.15, 0.2) is 5.78 Å². The average molecular weight is 314 g/mol. The first kappa shape index (κ1) is 12.8. The first-order chi connectivity index (χ1) is 8.15. The van der Waals surface area contributed by atoms with E-state index in [9.17, 15) is 4.79 Å². The van der Waals surface area contributed by atoms with Gasteiger partial charge in [-0.2, -0.15) is 0 Å². The van der Waals surface area contributed by atoms with Crippen molar-refractivity contribution in [3.63, 3.8) is 0 Å². The van der Waals surface area contributed by atoms with Crippen LogP contribution in [-0.4, -0.2) is 5.78 Å². The van der Waals surface area contributed by atoms with Crippen LogP contribution in [0.15, 0.2) is 34.3 Å². The predicted octanol–water partition coefficient (Wildman–Crippen LogP) is 4.71. The fraction of sp³-hybridized carbons (Fsp3) is 0.357. The first-order valence-electron chi connectivity index (χ1n) is 5.81. The van der Waals surface area contributed by atoms with Gasteiger partial charge in [-0.25, -0.2) is 0 Å². The molecule has 0 aliphatic heterocycles. The molecule has 1 aliphatic carbocycles. The topological polar surface area (TPSA) is 17.1 Å². The van der Waals surface area contributed by atoms with Gasteiger partial charge in [0.25, 0.3) is 0 Å². The summed E-state index contributed by atoms with van der Waals surface area (Å²) in [4.78, 5) is 11.5. The van der Waals surface area contributed by atoms with Gasteiger partial charge in [0.05, 0.1) is 0 Å². The molecule has 0 aromatic heterocycles.